The summed E-state index contributed by atoms with van der Waals surface area (Å²) >= 11 is 0. The van der Waals surface area contributed by atoms with Crippen molar-refractivity contribution >= 4 is 5.91 Å². The second-order valence-electron chi connectivity index (χ2n) is 12.3. The lowest BCUT2D eigenvalue weighted by Gasteiger charge is -2.49. The van der Waals surface area contributed by atoms with Crippen LogP contribution >= 0.6 is 0 Å². The summed E-state index contributed by atoms with van der Waals surface area (Å²) in [5, 5.41) is 3.09. The highest BCUT2D eigenvalue weighted by Gasteiger charge is 2.44. The maximum absolute atomic E-state index is 13.6. The van der Waals surface area contributed by atoms with Gasteiger partial charge in [0.2, 0.25) is 5.91 Å². The van der Waals surface area contributed by atoms with Crippen molar-refractivity contribution in [3.63, 3.8) is 0 Å². The molecule has 0 radical (unpaired) electrons. The Balaban J connectivity index is 1.32. The Morgan fingerprint density at radius 1 is 0.881 bits per heavy atom. The van der Waals surface area contributed by atoms with Gasteiger partial charge >= 0.3 is 12.4 Å². The van der Waals surface area contributed by atoms with Crippen molar-refractivity contribution in [2.75, 3.05) is 19.7 Å². The van der Waals surface area contributed by atoms with Crippen molar-refractivity contribution in [1.29, 1.82) is 0 Å². The molecule has 1 spiro atoms. The van der Waals surface area contributed by atoms with Gasteiger partial charge < -0.3 is 15.0 Å². The maximum atomic E-state index is 13.6. The highest BCUT2D eigenvalue weighted by atomic mass is 19.4. The van der Waals surface area contributed by atoms with Crippen LogP contribution in [0.5, 0.6) is 0 Å². The molecule has 0 bridgehead atoms. The number of benzene rings is 2. The van der Waals surface area contributed by atoms with Gasteiger partial charge in [0.25, 0.3) is 0 Å². The first-order valence-electron chi connectivity index (χ1n) is 14.9. The second kappa shape index (κ2) is 11.8. The van der Waals surface area contributed by atoms with E-state index in [-0.39, 0.29) is 17.2 Å². The van der Waals surface area contributed by atoms with Gasteiger partial charge in [-0.25, -0.2) is 0 Å². The number of likely N-dealkylation sites (tertiary alicyclic amines) is 1. The molecule has 4 nitrogen and oxygen atoms in total. The number of nitrogens with zero attached hydrogens (tertiary/aromatic N) is 1. The van der Waals surface area contributed by atoms with Crippen LogP contribution in [0.25, 0.3) is 0 Å². The normalized spacial score (nSPS) is 26.1. The fraction of sp³-hybridized carbons (Fsp3) is 0.594. The van der Waals surface area contributed by atoms with Crippen LogP contribution in [-0.4, -0.2) is 42.1 Å². The number of piperidine rings is 1. The predicted octanol–water partition coefficient (Wildman–Crippen LogP) is 7.82. The van der Waals surface area contributed by atoms with Crippen LogP contribution in [0.1, 0.15) is 92.9 Å². The summed E-state index contributed by atoms with van der Waals surface area (Å²) < 4.78 is 87.0. The molecule has 230 valence electrons. The van der Waals surface area contributed by atoms with Gasteiger partial charge in [-0.05, 0) is 94.0 Å². The molecule has 10 heteroatoms. The molecule has 1 amide bonds. The fourth-order valence-electron chi connectivity index (χ4n) is 7.03. The molecule has 1 unspecified atom stereocenters. The molecule has 1 atom stereocenters. The van der Waals surface area contributed by atoms with E-state index in [4.69, 9.17) is 4.74 Å². The molecule has 3 fully saturated rings. The molecule has 2 saturated heterocycles. The highest BCUT2D eigenvalue weighted by molar-refractivity contribution is 5.84. The van der Waals surface area contributed by atoms with Crippen LogP contribution in [0.3, 0.4) is 0 Å². The SMILES string of the molecule is CC(C(=O)NC1(c2ccccc2)CCC(N2CCC3(CCCCO3)CC2)CC1)c1cc(C(F)(F)F)cc(C(F)(F)F)c1. The lowest BCUT2D eigenvalue weighted by Crippen LogP contribution is -2.55. The summed E-state index contributed by atoms with van der Waals surface area (Å²) in [5.74, 6) is -1.82. The molecule has 3 aliphatic rings. The van der Waals surface area contributed by atoms with Crippen LogP contribution in [0, 0.1) is 0 Å². The van der Waals surface area contributed by atoms with Gasteiger partial charge in [-0.3, -0.25) is 4.79 Å². The number of nitrogens with one attached hydrogen (secondary N) is 1. The molecular weight excluding hydrogens is 558 g/mol. The van der Waals surface area contributed by atoms with Gasteiger partial charge in [0.1, 0.15) is 0 Å². The fourth-order valence-corrected chi connectivity index (χ4v) is 7.03. The minimum Gasteiger partial charge on any atom is -0.375 e. The molecule has 2 aromatic rings. The number of rotatable bonds is 5. The van der Waals surface area contributed by atoms with Crippen molar-refractivity contribution in [3.8, 4) is 0 Å². The zero-order valence-corrected chi connectivity index (χ0v) is 23.8. The molecule has 1 N–H and O–H groups in total. The van der Waals surface area contributed by atoms with Crippen molar-refractivity contribution in [2.24, 2.45) is 0 Å². The highest BCUT2D eigenvalue weighted by Crippen LogP contribution is 2.43. The number of carbonyl (C=O) groups excluding carboxylic acids is 1. The zero-order chi connectivity index (χ0) is 30.2. The van der Waals surface area contributed by atoms with Crippen LogP contribution < -0.4 is 5.32 Å². The van der Waals surface area contributed by atoms with Crippen LogP contribution in [-0.2, 0) is 27.4 Å². The average Bonchev–Trinajstić information content (AvgIpc) is 2.97. The van der Waals surface area contributed by atoms with E-state index in [2.05, 4.69) is 10.2 Å². The monoisotopic (exact) mass is 596 g/mol. The van der Waals surface area contributed by atoms with Crippen LogP contribution in [0.4, 0.5) is 26.3 Å². The minimum atomic E-state index is -4.98. The Bertz CT molecular complexity index is 1190. The van der Waals surface area contributed by atoms with E-state index in [1.54, 1.807) is 0 Å². The van der Waals surface area contributed by atoms with E-state index < -0.39 is 40.8 Å². The van der Waals surface area contributed by atoms with E-state index in [0.717, 1.165) is 63.8 Å². The molecule has 1 aliphatic carbocycles. The van der Waals surface area contributed by atoms with Gasteiger partial charge in [0, 0.05) is 25.7 Å². The number of carbonyl (C=O) groups is 1. The maximum Gasteiger partial charge on any atom is 0.416 e. The lowest BCUT2D eigenvalue weighted by atomic mass is 9.73. The number of hydrogen-bond acceptors (Lipinski definition) is 3. The average molecular weight is 597 g/mol. The Hall–Kier alpha value is -2.59. The van der Waals surface area contributed by atoms with Crippen LogP contribution in [0.15, 0.2) is 48.5 Å². The second-order valence-corrected chi connectivity index (χ2v) is 12.3. The summed E-state index contributed by atoms with van der Waals surface area (Å²) in [6, 6.07) is 11.2. The Morgan fingerprint density at radius 3 is 2.00 bits per heavy atom. The third kappa shape index (κ3) is 6.64. The van der Waals surface area contributed by atoms with Gasteiger partial charge in [-0.15, -0.1) is 0 Å². The lowest BCUT2D eigenvalue weighted by molar-refractivity contribution is -0.143. The van der Waals surface area contributed by atoms with E-state index in [0.29, 0.717) is 31.0 Å². The molecule has 2 aromatic carbocycles. The van der Waals surface area contributed by atoms with E-state index in [9.17, 15) is 31.1 Å². The van der Waals surface area contributed by atoms with E-state index in [1.165, 1.54) is 13.3 Å². The summed E-state index contributed by atoms with van der Waals surface area (Å²) in [6.07, 6.45) is -1.61. The quantitative estimate of drug-likeness (QED) is 0.358. The largest absolute Gasteiger partial charge is 0.416 e. The van der Waals surface area contributed by atoms with Crippen molar-refractivity contribution in [2.45, 2.75) is 100 Å². The van der Waals surface area contributed by atoms with Gasteiger partial charge in [-0.2, -0.15) is 26.3 Å². The summed E-state index contributed by atoms with van der Waals surface area (Å²) in [6.45, 7) is 4.11. The molecule has 0 aromatic heterocycles. The van der Waals surface area contributed by atoms with E-state index in [1.807, 2.05) is 30.3 Å². The number of ether oxygens (including phenoxy) is 1. The molecule has 2 heterocycles. The first kappa shape index (κ1) is 30.9. The van der Waals surface area contributed by atoms with Crippen molar-refractivity contribution < 1.29 is 35.9 Å². The van der Waals surface area contributed by atoms with Crippen molar-refractivity contribution in [1.82, 2.24) is 10.2 Å². The predicted molar refractivity (Wildman–Crippen MR) is 147 cm³/mol. The van der Waals surface area contributed by atoms with Gasteiger partial charge in [0.15, 0.2) is 0 Å². The van der Waals surface area contributed by atoms with Crippen LogP contribution in [0.2, 0.25) is 0 Å². The third-order valence-corrected chi connectivity index (χ3v) is 9.66. The summed E-state index contributed by atoms with van der Waals surface area (Å²) in [5.41, 5.74) is -3.03. The summed E-state index contributed by atoms with van der Waals surface area (Å²) in [4.78, 5) is 16.1. The number of halogens is 6. The molecule has 5 rings (SSSR count). The first-order valence-corrected chi connectivity index (χ1v) is 14.9. The number of alkyl halides is 6. The molecule has 1 saturated carbocycles. The van der Waals surface area contributed by atoms with Gasteiger partial charge in [-0.1, -0.05) is 30.3 Å². The Morgan fingerprint density at radius 2 is 1.48 bits per heavy atom. The number of amides is 1. The molecular formula is C32H38F6N2O2. The smallest absolute Gasteiger partial charge is 0.375 e. The topological polar surface area (TPSA) is 41.6 Å². The first-order chi connectivity index (χ1) is 19.8. The minimum absolute atomic E-state index is 0.0106. The van der Waals surface area contributed by atoms with Crippen molar-refractivity contribution in [3.05, 3.63) is 70.8 Å². The molecule has 42 heavy (non-hydrogen) atoms. The molecule has 2 aliphatic heterocycles. The Labute approximate surface area is 242 Å². The zero-order valence-electron chi connectivity index (χ0n) is 23.8. The standard InChI is InChI=1S/C32H38F6N2O2/c1-22(23-19-25(31(33,34)35)21-26(20-23)32(36,37)38)28(41)39-30(24-7-3-2-4-8-24)12-9-27(10-13-30)40-16-14-29(15-17-40)11-5-6-18-42-29/h2-4,7-8,19-22,27H,5-6,9-18H2,1H3,(H,39,41). The number of hydrogen-bond donors (Lipinski definition) is 1. The summed E-state index contributed by atoms with van der Waals surface area (Å²) in [7, 11) is 0. The van der Waals surface area contributed by atoms with Gasteiger partial charge in [0.05, 0.1) is 28.2 Å². The van der Waals surface area contributed by atoms with E-state index >= 15 is 0 Å². The third-order valence-electron chi connectivity index (χ3n) is 9.66. The Kier molecular flexibility index (Phi) is 8.69.